The Bertz CT molecular complexity index is 403. The Balaban J connectivity index is 2.44. The van der Waals surface area contributed by atoms with Crippen molar-refractivity contribution in [2.45, 2.75) is 6.92 Å². The number of ether oxygens (including phenoxy) is 1. The normalized spacial score (nSPS) is 9.89. The Morgan fingerprint density at radius 2 is 1.89 bits per heavy atom. The molecule has 1 aromatic carbocycles. The van der Waals surface area contributed by atoms with E-state index in [1.807, 2.05) is 6.92 Å². The molecule has 5 heteroatoms. The van der Waals surface area contributed by atoms with Crippen molar-refractivity contribution in [1.29, 1.82) is 0 Å². The van der Waals surface area contributed by atoms with Gasteiger partial charge in [0, 0.05) is 12.6 Å². The number of hydrogen-bond acceptors (Lipinski definition) is 4. The number of hydrogen-bond donors (Lipinski definition) is 1. The molecule has 1 amide bonds. The fraction of sp³-hybridized carbons (Fsp3) is 0.385. The lowest BCUT2D eigenvalue weighted by molar-refractivity contribution is -0.118. The number of Topliss-reactive ketones (excluding diaryl/α,β-unsaturated/α-hetero) is 1. The lowest BCUT2D eigenvalue weighted by Gasteiger charge is -2.04. The van der Waals surface area contributed by atoms with Crippen LogP contribution in [0.3, 0.4) is 0 Å². The number of thioether (sulfide) groups is 1. The highest BCUT2D eigenvalue weighted by molar-refractivity contribution is 8.00. The van der Waals surface area contributed by atoms with Gasteiger partial charge in [-0.2, -0.15) is 0 Å². The molecule has 0 heterocycles. The van der Waals surface area contributed by atoms with Gasteiger partial charge in [0.25, 0.3) is 0 Å². The Morgan fingerprint density at radius 3 is 2.44 bits per heavy atom. The van der Waals surface area contributed by atoms with Crippen LogP contribution in [0.1, 0.15) is 17.3 Å². The number of rotatable bonds is 7. The lowest BCUT2D eigenvalue weighted by Crippen LogP contribution is -2.20. The molecule has 0 radical (unpaired) electrons. The second kappa shape index (κ2) is 7.76. The van der Waals surface area contributed by atoms with E-state index >= 15 is 0 Å². The third-order valence-electron chi connectivity index (χ3n) is 2.23. The zero-order chi connectivity index (χ0) is 13.4. The summed E-state index contributed by atoms with van der Waals surface area (Å²) < 4.78 is 5.30. The molecule has 0 bridgehead atoms. The molecule has 0 aliphatic heterocycles. The minimum Gasteiger partial charge on any atom is -0.494 e. The monoisotopic (exact) mass is 267 g/mol. The summed E-state index contributed by atoms with van der Waals surface area (Å²) in [5.74, 6) is 1.32. The minimum atomic E-state index is -0.0699. The van der Waals surface area contributed by atoms with Crippen molar-refractivity contribution in [3.05, 3.63) is 29.8 Å². The molecule has 0 aliphatic carbocycles. The zero-order valence-electron chi connectivity index (χ0n) is 10.6. The fourth-order valence-electron chi connectivity index (χ4n) is 1.30. The average molecular weight is 267 g/mol. The molecule has 0 saturated carbocycles. The quantitative estimate of drug-likeness (QED) is 0.765. The van der Waals surface area contributed by atoms with Gasteiger partial charge in [-0.1, -0.05) is 0 Å². The van der Waals surface area contributed by atoms with E-state index < -0.39 is 0 Å². The van der Waals surface area contributed by atoms with Gasteiger partial charge in [0.2, 0.25) is 5.91 Å². The molecule has 1 N–H and O–H groups in total. The van der Waals surface area contributed by atoms with Crippen molar-refractivity contribution in [3.8, 4) is 5.75 Å². The Morgan fingerprint density at radius 1 is 1.22 bits per heavy atom. The van der Waals surface area contributed by atoms with E-state index in [-0.39, 0.29) is 11.7 Å². The van der Waals surface area contributed by atoms with Gasteiger partial charge in [0.05, 0.1) is 18.1 Å². The first-order valence-electron chi connectivity index (χ1n) is 5.71. The van der Waals surface area contributed by atoms with Crippen LogP contribution in [0.15, 0.2) is 24.3 Å². The van der Waals surface area contributed by atoms with E-state index in [1.165, 1.54) is 11.8 Å². The van der Waals surface area contributed by atoms with Crippen molar-refractivity contribution in [3.63, 3.8) is 0 Å². The summed E-state index contributed by atoms with van der Waals surface area (Å²) in [6.07, 6.45) is 0. The van der Waals surface area contributed by atoms with Gasteiger partial charge >= 0.3 is 0 Å². The molecule has 0 atom stereocenters. The summed E-state index contributed by atoms with van der Waals surface area (Å²) in [7, 11) is 1.58. The maximum Gasteiger partial charge on any atom is 0.229 e. The molecule has 0 fully saturated rings. The summed E-state index contributed by atoms with van der Waals surface area (Å²) >= 11 is 1.31. The maximum absolute atomic E-state index is 11.8. The van der Waals surface area contributed by atoms with E-state index in [0.29, 0.717) is 23.7 Å². The highest BCUT2D eigenvalue weighted by Gasteiger charge is 2.07. The number of ketones is 1. The second-order valence-corrected chi connectivity index (χ2v) is 4.53. The molecule has 98 valence electrons. The number of nitrogens with one attached hydrogen (secondary N) is 1. The molecule has 4 nitrogen and oxygen atoms in total. The van der Waals surface area contributed by atoms with Crippen molar-refractivity contribution in [1.82, 2.24) is 5.32 Å². The van der Waals surface area contributed by atoms with E-state index in [4.69, 9.17) is 4.74 Å². The van der Waals surface area contributed by atoms with Gasteiger partial charge in [-0.05, 0) is 31.2 Å². The summed E-state index contributed by atoms with van der Waals surface area (Å²) in [6, 6.07) is 7.04. The third-order valence-corrected chi connectivity index (χ3v) is 3.17. The number of amides is 1. The van der Waals surface area contributed by atoms with Gasteiger partial charge in [-0.25, -0.2) is 0 Å². The van der Waals surface area contributed by atoms with Crippen LogP contribution in [-0.2, 0) is 4.79 Å². The van der Waals surface area contributed by atoms with Gasteiger partial charge < -0.3 is 10.1 Å². The van der Waals surface area contributed by atoms with Crippen molar-refractivity contribution in [2.24, 2.45) is 0 Å². The first-order chi connectivity index (χ1) is 8.67. The van der Waals surface area contributed by atoms with Crippen molar-refractivity contribution >= 4 is 23.5 Å². The highest BCUT2D eigenvalue weighted by atomic mass is 32.2. The predicted molar refractivity (Wildman–Crippen MR) is 73.3 cm³/mol. The average Bonchev–Trinajstić information content (AvgIpc) is 2.39. The lowest BCUT2D eigenvalue weighted by atomic mass is 10.1. The highest BCUT2D eigenvalue weighted by Crippen LogP contribution is 2.14. The molecule has 18 heavy (non-hydrogen) atoms. The Kier molecular flexibility index (Phi) is 6.28. The number of carbonyl (C=O) groups is 2. The van der Waals surface area contributed by atoms with Gasteiger partial charge in [0.15, 0.2) is 5.78 Å². The summed E-state index contributed by atoms with van der Waals surface area (Å²) in [5.41, 5.74) is 0.642. The fourth-order valence-corrected chi connectivity index (χ4v) is 2.08. The maximum atomic E-state index is 11.8. The topological polar surface area (TPSA) is 55.4 Å². The minimum absolute atomic E-state index is 0.0203. The Hall–Kier alpha value is -1.49. The van der Waals surface area contributed by atoms with Crippen LogP contribution in [0, 0.1) is 0 Å². The first-order valence-corrected chi connectivity index (χ1v) is 6.87. The smallest absolute Gasteiger partial charge is 0.229 e. The predicted octanol–water partition coefficient (Wildman–Crippen LogP) is 1.75. The van der Waals surface area contributed by atoms with Crippen LogP contribution in [0.4, 0.5) is 0 Å². The standard InChI is InChI=1S/C13H17NO3S/c1-3-17-11-6-4-10(5-7-11)12(15)8-18-9-13(16)14-2/h4-7H,3,8-9H2,1-2H3,(H,14,16). The van der Waals surface area contributed by atoms with Gasteiger partial charge in [0.1, 0.15) is 5.75 Å². The van der Waals surface area contributed by atoms with E-state index in [1.54, 1.807) is 31.3 Å². The van der Waals surface area contributed by atoms with Crippen molar-refractivity contribution < 1.29 is 14.3 Å². The number of carbonyl (C=O) groups excluding carboxylic acids is 2. The molecular formula is C13H17NO3S. The summed E-state index contributed by atoms with van der Waals surface area (Å²) in [6.45, 7) is 2.52. The van der Waals surface area contributed by atoms with Crippen LogP contribution in [0.2, 0.25) is 0 Å². The van der Waals surface area contributed by atoms with E-state index in [0.717, 1.165) is 5.75 Å². The van der Waals surface area contributed by atoms with Crippen LogP contribution in [0.5, 0.6) is 5.75 Å². The Labute approximate surface area is 111 Å². The van der Waals surface area contributed by atoms with Crippen LogP contribution < -0.4 is 10.1 Å². The first kappa shape index (κ1) is 14.6. The summed E-state index contributed by atoms with van der Waals surface area (Å²) in [5, 5.41) is 2.51. The third kappa shape index (κ3) is 4.79. The van der Waals surface area contributed by atoms with Gasteiger partial charge in [-0.3, -0.25) is 9.59 Å². The van der Waals surface area contributed by atoms with E-state index in [9.17, 15) is 9.59 Å². The SMILES string of the molecule is CCOc1ccc(C(=O)CSCC(=O)NC)cc1. The van der Waals surface area contributed by atoms with Crippen LogP contribution >= 0.6 is 11.8 Å². The molecular weight excluding hydrogens is 250 g/mol. The zero-order valence-corrected chi connectivity index (χ0v) is 11.4. The second-order valence-electron chi connectivity index (χ2n) is 3.55. The molecule has 1 aromatic rings. The molecule has 0 unspecified atom stereocenters. The molecule has 0 aromatic heterocycles. The summed E-state index contributed by atoms with van der Waals surface area (Å²) in [4.78, 5) is 22.8. The molecule has 0 saturated heterocycles. The largest absolute Gasteiger partial charge is 0.494 e. The number of benzene rings is 1. The molecule has 0 spiro atoms. The van der Waals surface area contributed by atoms with Crippen LogP contribution in [-0.4, -0.2) is 36.9 Å². The molecule has 1 rings (SSSR count). The van der Waals surface area contributed by atoms with Gasteiger partial charge in [-0.15, -0.1) is 11.8 Å². The molecule has 0 aliphatic rings. The van der Waals surface area contributed by atoms with Crippen molar-refractivity contribution in [2.75, 3.05) is 25.2 Å². The van der Waals surface area contributed by atoms with Crippen LogP contribution in [0.25, 0.3) is 0 Å². The van der Waals surface area contributed by atoms with E-state index in [2.05, 4.69) is 5.32 Å².